The zero-order valence-electron chi connectivity index (χ0n) is 13.1. The first-order valence-corrected chi connectivity index (χ1v) is 8.64. The van der Waals surface area contributed by atoms with Gasteiger partial charge in [-0.05, 0) is 24.3 Å². The average Bonchev–Trinajstić information content (AvgIpc) is 3.19. The maximum absolute atomic E-state index is 11.8. The summed E-state index contributed by atoms with van der Waals surface area (Å²) in [6, 6.07) is 9.39. The summed E-state index contributed by atoms with van der Waals surface area (Å²) in [5.74, 6) is -0.123. The zero-order chi connectivity index (χ0) is 17.6. The van der Waals surface area contributed by atoms with Crippen LogP contribution in [0.15, 0.2) is 47.1 Å². The minimum absolute atomic E-state index is 0.119. The maximum atomic E-state index is 11.8. The van der Waals surface area contributed by atoms with Gasteiger partial charge < -0.3 is 10.2 Å². The number of ketones is 1. The lowest BCUT2D eigenvalue weighted by Gasteiger charge is -2.06. The Morgan fingerprint density at radius 1 is 1.32 bits per heavy atom. The fraction of sp³-hybridized carbons (Fsp3) is 0.0556. The van der Waals surface area contributed by atoms with E-state index in [1.165, 1.54) is 18.3 Å². The van der Waals surface area contributed by atoms with Crippen LogP contribution in [0.1, 0.15) is 17.5 Å². The number of carbonyl (C=O) groups excluding carboxylic acids is 1. The summed E-state index contributed by atoms with van der Waals surface area (Å²) in [6.07, 6.45) is 3.43. The van der Waals surface area contributed by atoms with Gasteiger partial charge in [0.25, 0.3) is 0 Å². The minimum atomic E-state index is -0.242. The summed E-state index contributed by atoms with van der Waals surface area (Å²) in [4.78, 5) is 21.4. The molecule has 4 rings (SSSR count). The van der Waals surface area contributed by atoms with Crippen molar-refractivity contribution in [2.45, 2.75) is 6.92 Å². The molecule has 4 heterocycles. The number of thiophene rings is 1. The minimum Gasteiger partial charge on any atom is -0.432 e. The van der Waals surface area contributed by atoms with Crippen molar-refractivity contribution in [2.75, 3.05) is 5.73 Å². The molecule has 2 N–H and O–H groups in total. The predicted octanol–water partition coefficient (Wildman–Crippen LogP) is 5.06. The molecule has 5 nitrogen and oxygen atoms in total. The van der Waals surface area contributed by atoms with E-state index in [4.69, 9.17) is 21.8 Å². The van der Waals surface area contributed by atoms with Gasteiger partial charge in [0.1, 0.15) is 0 Å². The van der Waals surface area contributed by atoms with Crippen LogP contribution in [0.3, 0.4) is 0 Å². The van der Waals surface area contributed by atoms with Crippen LogP contribution >= 0.6 is 22.9 Å². The molecule has 0 fully saturated rings. The maximum Gasteiger partial charge on any atom is 0.230 e. The lowest BCUT2D eigenvalue weighted by atomic mass is 10.0. The zero-order valence-corrected chi connectivity index (χ0v) is 14.7. The van der Waals surface area contributed by atoms with Crippen LogP contribution in [0.25, 0.3) is 32.8 Å². The first-order valence-electron chi connectivity index (χ1n) is 7.44. The summed E-state index contributed by atoms with van der Waals surface area (Å²) in [7, 11) is 0. The van der Waals surface area contributed by atoms with Crippen LogP contribution in [0.2, 0.25) is 4.34 Å². The molecule has 0 unspecified atom stereocenters. The lowest BCUT2D eigenvalue weighted by Crippen LogP contribution is -1.95. The van der Waals surface area contributed by atoms with E-state index in [-0.39, 0.29) is 11.5 Å². The molecule has 0 saturated carbocycles. The summed E-state index contributed by atoms with van der Waals surface area (Å²) in [5.41, 5.74) is 9.17. The summed E-state index contributed by atoms with van der Waals surface area (Å²) < 4.78 is 6.33. The first kappa shape index (κ1) is 15.8. The Kier molecular flexibility index (Phi) is 3.78. The van der Waals surface area contributed by atoms with Gasteiger partial charge in [-0.25, -0.2) is 4.98 Å². The lowest BCUT2D eigenvalue weighted by molar-refractivity contribution is 0.0990. The highest BCUT2D eigenvalue weighted by atomic mass is 35.5. The van der Waals surface area contributed by atoms with Gasteiger partial charge in [-0.1, -0.05) is 17.7 Å². The van der Waals surface area contributed by atoms with Crippen LogP contribution in [0, 0.1) is 0 Å². The fourth-order valence-electron chi connectivity index (χ4n) is 2.71. The molecular formula is C18H12ClN3O2S. The Morgan fingerprint density at radius 2 is 2.16 bits per heavy atom. The van der Waals surface area contributed by atoms with E-state index in [0.717, 1.165) is 16.0 Å². The average molecular weight is 370 g/mol. The van der Waals surface area contributed by atoms with Crippen molar-refractivity contribution < 1.29 is 9.21 Å². The Hall–Kier alpha value is -2.70. The molecule has 25 heavy (non-hydrogen) atoms. The van der Waals surface area contributed by atoms with E-state index in [2.05, 4.69) is 9.97 Å². The smallest absolute Gasteiger partial charge is 0.230 e. The number of hydrogen-bond acceptors (Lipinski definition) is 6. The number of nitrogens with zero attached hydrogens (tertiary/aromatic N) is 2. The molecule has 0 amide bonds. The number of nitrogens with two attached hydrogens (primary N) is 1. The Labute approximate surface area is 152 Å². The summed E-state index contributed by atoms with van der Waals surface area (Å²) >= 11 is 7.47. The van der Waals surface area contributed by atoms with Crippen LogP contribution < -0.4 is 5.73 Å². The SMILES string of the molecule is CC(=O)c1oc2nc(-c3ccc(Cl)s3)cc(-c3cccnc3)c2c1N. The van der Waals surface area contributed by atoms with Crippen molar-refractivity contribution in [2.24, 2.45) is 0 Å². The number of nitrogen functional groups attached to an aromatic ring is 1. The summed E-state index contributed by atoms with van der Waals surface area (Å²) in [5, 5.41) is 0.615. The number of hydrogen-bond donors (Lipinski definition) is 1. The topological polar surface area (TPSA) is 82.0 Å². The van der Waals surface area contributed by atoms with Crippen molar-refractivity contribution >= 4 is 45.5 Å². The highest BCUT2D eigenvalue weighted by Crippen LogP contribution is 2.40. The number of anilines is 1. The second-order valence-electron chi connectivity index (χ2n) is 5.48. The molecule has 4 aromatic heterocycles. The first-order chi connectivity index (χ1) is 12.0. The largest absolute Gasteiger partial charge is 0.432 e. The van der Waals surface area contributed by atoms with Crippen LogP contribution in [0.4, 0.5) is 5.69 Å². The number of Topliss-reactive ketones (excluding diaryl/α,β-unsaturated/α-hetero) is 1. The Morgan fingerprint density at radius 3 is 2.80 bits per heavy atom. The van der Waals surface area contributed by atoms with Gasteiger partial charge in [-0.3, -0.25) is 9.78 Å². The quantitative estimate of drug-likeness (QED) is 0.510. The Bertz CT molecular complexity index is 1100. The van der Waals surface area contributed by atoms with E-state index in [1.54, 1.807) is 12.4 Å². The normalized spacial score (nSPS) is 11.1. The number of fused-ring (bicyclic) bond motifs is 1. The van der Waals surface area contributed by atoms with Gasteiger partial charge in [0.15, 0.2) is 11.5 Å². The van der Waals surface area contributed by atoms with Gasteiger partial charge in [0.2, 0.25) is 5.71 Å². The van der Waals surface area contributed by atoms with Gasteiger partial charge in [0, 0.05) is 30.4 Å². The van der Waals surface area contributed by atoms with Crippen LogP contribution in [-0.2, 0) is 0 Å². The molecule has 0 aliphatic heterocycles. The monoisotopic (exact) mass is 369 g/mol. The standard InChI is InChI=1S/C18H12ClN3O2S/c1-9(23)17-16(20)15-11(10-3-2-6-21-8-10)7-12(22-18(15)24-17)13-4-5-14(19)25-13/h2-8H,20H2,1H3. The third kappa shape index (κ3) is 2.69. The number of aromatic nitrogens is 2. The van der Waals surface area contributed by atoms with Crippen molar-refractivity contribution in [3.63, 3.8) is 0 Å². The molecule has 4 aromatic rings. The van der Waals surface area contributed by atoms with Gasteiger partial charge in [-0.15, -0.1) is 11.3 Å². The fourth-order valence-corrected chi connectivity index (χ4v) is 3.71. The van der Waals surface area contributed by atoms with Crippen LogP contribution in [-0.4, -0.2) is 15.8 Å². The van der Waals surface area contributed by atoms with E-state index in [9.17, 15) is 4.79 Å². The van der Waals surface area contributed by atoms with Crippen molar-refractivity contribution in [1.29, 1.82) is 0 Å². The molecule has 0 spiro atoms. The summed E-state index contributed by atoms with van der Waals surface area (Å²) in [6.45, 7) is 1.41. The number of rotatable bonds is 3. The molecule has 0 radical (unpaired) electrons. The number of halogens is 1. The number of pyridine rings is 2. The number of furan rings is 1. The molecule has 0 atom stereocenters. The third-order valence-corrected chi connectivity index (χ3v) is 5.07. The molecule has 7 heteroatoms. The highest BCUT2D eigenvalue weighted by molar-refractivity contribution is 7.19. The predicted molar refractivity (Wildman–Crippen MR) is 100.0 cm³/mol. The molecule has 0 bridgehead atoms. The van der Waals surface area contributed by atoms with E-state index >= 15 is 0 Å². The van der Waals surface area contributed by atoms with Crippen LogP contribution in [0.5, 0.6) is 0 Å². The van der Waals surface area contributed by atoms with Crippen molar-refractivity contribution in [3.8, 4) is 21.7 Å². The van der Waals surface area contributed by atoms with E-state index < -0.39 is 0 Å². The van der Waals surface area contributed by atoms with Crippen molar-refractivity contribution in [3.05, 3.63) is 52.8 Å². The van der Waals surface area contributed by atoms with E-state index in [1.807, 2.05) is 30.3 Å². The van der Waals surface area contributed by atoms with Gasteiger partial charge >= 0.3 is 0 Å². The molecule has 0 aliphatic carbocycles. The molecule has 124 valence electrons. The second-order valence-corrected chi connectivity index (χ2v) is 7.20. The van der Waals surface area contributed by atoms with Gasteiger partial charge in [0.05, 0.1) is 26.0 Å². The molecule has 0 aliphatic rings. The van der Waals surface area contributed by atoms with Crippen molar-refractivity contribution in [1.82, 2.24) is 9.97 Å². The Balaban J connectivity index is 2.07. The third-order valence-electron chi connectivity index (χ3n) is 3.82. The second kappa shape index (κ2) is 5.98. The highest BCUT2D eigenvalue weighted by Gasteiger charge is 2.21. The number of carbonyl (C=O) groups is 1. The molecule has 0 aromatic carbocycles. The molecule has 0 saturated heterocycles. The van der Waals surface area contributed by atoms with Gasteiger partial charge in [-0.2, -0.15) is 0 Å². The molecular weight excluding hydrogens is 358 g/mol. The van der Waals surface area contributed by atoms with E-state index in [0.29, 0.717) is 26.8 Å².